The maximum Gasteiger partial charge on any atom is 1.00 e. The molecule has 0 radical (unpaired) electrons. The van der Waals surface area contributed by atoms with Gasteiger partial charge < -0.3 is 11.8 Å². The smallest absolute Gasteiger partial charge is 0.342 e. The van der Waals surface area contributed by atoms with Gasteiger partial charge in [0, 0.05) is 0 Å². The molecule has 0 heterocycles. The van der Waals surface area contributed by atoms with Gasteiger partial charge in [0.1, 0.15) is 0 Å². The molecule has 2 heteroatoms. The van der Waals surface area contributed by atoms with Gasteiger partial charge in [-0.25, -0.2) is 0 Å². The van der Waals surface area contributed by atoms with Gasteiger partial charge in [-0.2, -0.15) is 6.42 Å². The summed E-state index contributed by atoms with van der Waals surface area (Å²) in [4.78, 5) is 2.16. The van der Waals surface area contributed by atoms with Crippen molar-refractivity contribution in [3.8, 4) is 0 Å². The van der Waals surface area contributed by atoms with Crippen LogP contribution in [0, 0.1) is 6.92 Å². The molecule has 0 saturated carbocycles. The van der Waals surface area contributed by atoms with Gasteiger partial charge in [0.25, 0.3) is 0 Å². The maximum atomic E-state index is 3.77. The van der Waals surface area contributed by atoms with Gasteiger partial charge in [-0.05, 0) is 20.1 Å². The Bertz CT molecular complexity index is 45.8. The summed E-state index contributed by atoms with van der Waals surface area (Å²) >= 11 is 0. The third-order valence-corrected chi connectivity index (χ3v) is 1.30. The predicted molar refractivity (Wildman–Crippen MR) is 33.1 cm³/mol. The van der Waals surface area contributed by atoms with Crippen LogP contribution in [0.15, 0.2) is 0 Å². The number of hydrogen-bond acceptors (Lipinski definition) is 1. The summed E-state index contributed by atoms with van der Waals surface area (Å²) in [6, 6.07) is 0.625. The zero-order valence-electron chi connectivity index (χ0n) is 6.44. The van der Waals surface area contributed by atoms with Crippen LogP contribution in [0.4, 0.5) is 0 Å². The summed E-state index contributed by atoms with van der Waals surface area (Å²) in [5.74, 6) is 0. The standard InChI is InChI=1S/C6H14N.Li/c1-5-6(2)7(3)4;/h6H,1,5H2,2-4H3;/q-1;+1. The Kier molecular flexibility index (Phi) is 8.08. The van der Waals surface area contributed by atoms with Crippen molar-refractivity contribution in [3.63, 3.8) is 0 Å². The first-order valence-electron chi connectivity index (χ1n) is 2.64. The minimum atomic E-state index is 0. The Morgan fingerprint density at radius 3 is 1.88 bits per heavy atom. The molecule has 1 nitrogen and oxygen atoms in total. The average molecular weight is 107 g/mol. The molecular formula is C6H14LiN. The van der Waals surface area contributed by atoms with Gasteiger partial charge in [0.05, 0.1) is 0 Å². The number of rotatable bonds is 2. The summed E-state index contributed by atoms with van der Waals surface area (Å²) in [5, 5.41) is 0. The summed E-state index contributed by atoms with van der Waals surface area (Å²) in [6.45, 7) is 5.92. The molecule has 0 aliphatic heterocycles. The van der Waals surface area contributed by atoms with Crippen molar-refractivity contribution in [1.82, 2.24) is 4.90 Å². The second-order valence-electron chi connectivity index (χ2n) is 2.10. The number of hydrogen-bond donors (Lipinski definition) is 0. The van der Waals surface area contributed by atoms with Crippen LogP contribution in [0.2, 0.25) is 0 Å². The second kappa shape index (κ2) is 5.69. The van der Waals surface area contributed by atoms with E-state index in [0.29, 0.717) is 6.04 Å². The predicted octanol–water partition coefficient (Wildman–Crippen LogP) is -1.84. The molecule has 0 amide bonds. The van der Waals surface area contributed by atoms with E-state index >= 15 is 0 Å². The topological polar surface area (TPSA) is 3.24 Å². The molecule has 0 bridgehead atoms. The van der Waals surface area contributed by atoms with E-state index in [1.54, 1.807) is 0 Å². The molecule has 0 saturated heterocycles. The first kappa shape index (κ1) is 11.4. The van der Waals surface area contributed by atoms with Crippen molar-refractivity contribution in [3.05, 3.63) is 6.92 Å². The fourth-order valence-electron chi connectivity index (χ4n) is 0.258. The zero-order chi connectivity index (χ0) is 5.86. The molecular weight excluding hydrogens is 93.0 g/mol. The fourth-order valence-corrected chi connectivity index (χ4v) is 0.258. The first-order chi connectivity index (χ1) is 3.18. The van der Waals surface area contributed by atoms with Crippen LogP contribution in [0.3, 0.4) is 0 Å². The van der Waals surface area contributed by atoms with Gasteiger partial charge in [-0.1, -0.05) is 6.92 Å². The molecule has 0 spiro atoms. The molecule has 0 rings (SSSR count). The molecule has 44 valence electrons. The van der Waals surface area contributed by atoms with Gasteiger partial charge in [-0.3, -0.25) is 0 Å². The SMILES string of the molecule is [CH2-]CC(C)N(C)C.[Li+]. The van der Waals surface area contributed by atoms with Crippen LogP contribution in [0.1, 0.15) is 13.3 Å². The van der Waals surface area contributed by atoms with E-state index in [1.165, 1.54) is 0 Å². The van der Waals surface area contributed by atoms with Gasteiger partial charge in [0.2, 0.25) is 0 Å². The third kappa shape index (κ3) is 4.71. The van der Waals surface area contributed by atoms with Crippen molar-refractivity contribution >= 4 is 0 Å². The van der Waals surface area contributed by atoms with Crippen LogP contribution in [0.25, 0.3) is 0 Å². The summed E-state index contributed by atoms with van der Waals surface area (Å²) in [5.41, 5.74) is 0. The van der Waals surface area contributed by atoms with E-state index in [1.807, 2.05) is 0 Å². The Hall–Kier alpha value is 0.557. The van der Waals surface area contributed by atoms with Crippen LogP contribution >= 0.6 is 0 Å². The third-order valence-electron chi connectivity index (χ3n) is 1.30. The monoisotopic (exact) mass is 107 g/mol. The normalized spacial score (nSPS) is 13.1. The van der Waals surface area contributed by atoms with Crippen LogP contribution < -0.4 is 18.9 Å². The molecule has 0 fully saturated rings. The van der Waals surface area contributed by atoms with E-state index in [0.717, 1.165) is 6.42 Å². The van der Waals surface area contributed by atoms with Crippen molar-refractivity contribution in [2.24, 2.45) is 0 Å². The Labute approximate surface area is 64.6 Å². The molecule has 0 N–H and O–H groups in total. The molecule has 0 aliphatic rings. The van der Waals surface area contributed by atoms with Gasteiger partial charge in [0.15, 0.2) is 0 Å². The molecule has 1 atom stereocenters. The maximum absolute atomic E-state index is 3.77. The summed E-state index contributed by atoms with van der Waals surface area (Å²) in [6.07, 6.45) is 0.993. The molecule has 0 aliphatic carbocycles. The van der Waals surface area contributed by atoms with Crippen molar-refractivity contribution in [2.75, 3.05) is 14.1 Å². The van der Waals surface area contributed by atoms with Crippen LogP contribution in [0.5, 0.6) is 0 Å². The molecule has 0 aromatic rings. The average Bonchev–Trinajstić information content (AvgIpc) is 1.65. The van der Waals surface area contributed by atoms with Crippen molar-refractivity contribution < 1.29 is 18.9 Å². The van der Waals surface area contributed by atoms with Crippen molar-refractivity contribution in [2.45, 2.75) is 19.4 Å². The molecule has 0 aromatic carbocycles. The minimum absolute atomic E-state index is 0. The van der Waals surface area contributed by atoms with Crippen molar-refractivity contribution in [1.29, 1.82) is 0 Å². The minimum Gasteiger partial charge on any atom is -0.342 e. The van der Waals surface area contributed by atoms with Crippen LogP contribution in [-0.4, -0.2) is 25.0 Å². The zero-order valence-corrected chi connectivity index (χ0v) is 6.44. The number of nitrogens with zero attached hydrogens (tertiary/aromatic N) is 1. The summed E-state index contributed by atoms with van der Waals surface area (Å²) in [7, 11) is 4.13. The Morgan fingerprint density at radius 1 is 1.50 bits per heavy atom. The van der Waals surface area contributed by atoms with E-state index < -0.39 is 0 Å². The van der Waals surface area contributed by atoms with E-state index in [2.05, 4.69) is 32.8 Å². The molecule has 8 heavy (non-hydrogen) atoms. The first-order valence-corrected chi connectivity index (χ1v) is 2.64. The molecule has 0 aromatic heterocycles. The van der Waals surface area contributed by atoms with Gasteiger partial charge in [-0.15, -0.1) is 0 Å². The quantitative estimate of drug-likeness (QED) is 0.296. The van der Waals surface area contributed by atoms with Crippen LogP contribution in [-0.2, 0) is 0 Å². The fraction of sp³-hybridized carbons (Fsp3) is 0.833. The van der Waals surface area contributed by atoms with Gasteiger partial charge >= 0.3 is 18.9 Å². The summed E-state index contributed by atoms with van der Waals surface area (Å²) < 4.78 is 0. The second-order valence-corrected chi connectivity index (χ2v) is 2.10. The van der Waals surface area contributed by atoms with E-state index in [4.69, 9.17) is 0 Å². The Morgan fingerprint density at radius 2 is 1.88 bits per heavy atom. The Balaban J connectivity index is 0. The molecule has 1 unspecified atom stereocenters. The van der Waals surface area contributed by atoms with E-state index in [9.17, 15) is 0 Å². The van der Waals surface area contributed by atoms with E-state index in [-0.39, 0.29) is 18.9 Å². The largest absolute Gasteiger partial charge is 1.00 e.